The fourth-order valence-electron chi connectivity index (χ4n) is 2.89. The first-order valence-corrected chi connectivity index (χ1v) is 12.8. The number of benzene rings is 2. The molecule has 176 valence electrons. The van der Waals surface area contributed by atoms with Gasteiger partial charge in [0.25, 0.3) is 5.91 Å². The van der Waals surface area contributed by atoms with E-state index in [1.54, 1.807) is 26.8 Å². The van der Waals surface area contributed by atoms with Gasteiger partial charge >= 0.3 is 0 Å². The Bertz CT molecular complexity index is 1180. The second-order valence-corrected chi connectivity index (χ2v) is 10.3. The van der Waals surface area contributed by atoms with E-state index in [1.807, 2.05) is 30.3 Å². The Morgan fingerprint density at radius 3 is 2.64 bits per heavy atom. The van der Waals surface area contributed by atoms with E-state index in [1.165, 1.54) is 23.9 Å². The van der Waals surface area contributed by atoms with Crippen molar-refractivity contribution in [3.8, 4) is 17.1 Å². The molecule has 3 aromatic rings. The van der Waals surface area contributed by atoms with Crippen LogP contribution in [-0.2, 0) is 14.8 Å². The molecule has 9 nitrogen and oxygen atoms in total. The number of nitrogens with one attached hydrogen (secondary N) is 3. The van der Waals surface area contributed by atoms with E-state index in [4.69, 9.17) is 4.74 Å². The monoisotopic (exact) mass is 489 g/mol. The second-order valence-electron chi connectivity index (χ2n) is 7.52. The quantitative estimate of drug-likeness (QED) is 0.279. The maximum absolute atomic E-state index is 12.3. The molecule has 0 spiro atoms. The molecule has 2 aromatic carbocycles. The zero-order valence-electron chi connectivity index (χ0n) is 18.7. The molecule has 0 unspecified atom stereocenters. The van der Waals surface area contributed by atoms with Crippen molar-refractivity contribution in [3.63, 3.8) is 0 Å². The fraction of sp³-hybridized carbons (Fsp3) is 0.318. The molecule has 0 fully saturated rings. The molecule has 3 rings (SSSR count). The molecule has 0 aliphatic heterocycles. The fourth-order valence-corrected chi connectivity index (χ4v) is 4.88. The lowest BCUT2D eigenvalue weighted by atomic mass is 10.2. The van der Waals surface area contributed by atoms with E-state index < -0.39 is 10.0 Å². The predicted molar refractivity (Wildman–Crippen MR) is 128 cm³/mol. The van der Waals surface area contributed by atoms with Crippen molar-refractivity contribution in [1.29, 1.82) is 0 Å². The molecule has 1 aromatic heterocycles. The van der Waals surface area contributed by atoms with Gasteiger partial charge in [-0.05, 0) is 44.5 Å². The van der Waals surface area contributed by atoms with Crippen LogP contribution < -0.4 is 14.8 Å². The number of sulfonamides is 1. The van der Waals surface area contributed by atoms with Crippen LogP contribution in [0.1, 0.15) is 19.4 Å². The van der Waals surface area contributed by atoms with E-state index in [0.717, 1.165) is 5.56 Å². The molecule has 0 saturated heterocycles. The van der Waals surface area contributed by atoms with Crippen LogP contribution in [0.5, 0.6) is 5.75 Å². The summed E-state index contributed by atoms with van der Waals surface area (Å²) >= 11 is 1.43. The summed E-state index contributed by atoms with van der Waals surface area (Å²) in [5.74, 6) is 1.49. The molecule has 33 heavy (non-hydrogen) atoms. The number of carbonyl (C=O) groups excluding carboxylic acids is 1. The lowest BCUT2D eigenvalue weighted by molar-refractivity contribution is -0.122. The van der Waals surface area contributed by atoms with Crippen LogP contribution in [0, 0.1) is 6.92 Å². The lowest BCUT2D eigenvalue weighted by Crippen LogP contribution is -2.31. The van der Waals surface area contributed by atoms with Crippen molar-refractivity contribution in [1.82, 2.24) is 25.2 Å². The van der Waals surface area contributed by atoms with Gasteiger partial charge in [0.05, 0.1) is 4.90 Å². The van der Waals surface area contributed by atoms with Crippen LogP contribution in [-0.4, -0.2) is 54.5 Å². The number of hydrogen-bond donors (Lipinski definition) is 3. The summed E-state index contributed by atoms with van der Waals surface area (Å²) in [6, 6.07) is 14.0. The number of ether oxygens (including phenoxy) is 1. The maximum atomic E-state index is 12.3. The molecular formula is C22H27N5O4S2. The third kappa shape index (κ3) is 7.31. The summed E-state index contributed by atoms with van der Waals surface area (Å²) in [7, 11) is -3.58. The number of aromatic nitrogens is 3. The smallest absolute Gasteiger partial charge is 0.257 e. The number of H-pyrrole nitrogens is 1. The molecule has 1 heterocycles. The van der Waals surface area contributed by atoms with Crippen LogP contribution in [0.2, 0.25) is 0 Å². The average Bonchev–Trinajstić information content (AvgIpc) is 3.24. The van der Waals surface area contributed by atoms with E-state index >= 15 is 0 Å². The second kappa shape index (κ2) is 11.3. The van der Waals surface area contributed by atoms with Gasteiger partial charge in [-0.1, -0.05) is 42.1 Å². The SMILES string of the molecule is Cc1cc(S(=O)(=O)NC(C)C)ccc1OCC(=O)NCCSc1n[nH]c(-c2ccccc2)n1. The normalized spacial score (nSPS) is 11.5. The Balaban J connectivity index is 1.41. The van der Waals surface area contributed by atoms with Gasteiger partial charge < -0.3 is 10.1 Å². The van der Waals surface area contributed by atoms with Crippen molar-refractivity contribution < 1.29 is 17.9 Å². The molecule has 0 aliphatic carbocycles. The summed E-state index contributed by atoms with van der Waals surface area (Å²) in [6.45, 7) is 5.51. The standard InChI is InChI=1S/C22H27N5O4S2/c1-15(2)27-33(29,30)18-9-10-19(16(3)13-18)31-14-20(28)23-11-12-32-22-24-21(25-26-22)17-7-5-4-6-8-17/h4-10,13,15,27H,11-12,14H2,1-3H3,(H,23,28)(H,24,25,26). The zero-order chi connectivity index (χ0) is 23.8. The van der Waals surface area contributed by atoms with Gasteiger partial charge in [0.2, 0.25) is 15.2 Å². The molecule has 0 bridgehead atoms. The Hall–Kier alpha value is -2.89. The molecule has 0 atom stereocenters. The minimum atomic E-state index is -3.58. The van der Waals surface area contributed by atoms with Gasteiger partial charge in [0.15, 0.2) is 12.4 Å². The number of thioether (sulfide) groups is 1. The molecule has 0 aliphatic rings. The summed E-state index contributed by atoms with van der Waals surface area (Å²) in [6.07, 6.45) is 0. The Morgan fingerprint density at radius 2 is 1.94 bits per heavy atom. The van der Waals surface area contributed by atoms with Gasteiger partial charge in [-0.15, -0.1) is 5.10 Å². The van der Waals surface area contributed by atoms with E-state index in [-0.39, 0.29) is 23.5 Å². The highest BCUT2D eigenvalue weighted by molar-refractivity contribution is 7.99. The van der Waals surface area contributed by atoms with Gasteiger partial charge in [-0.3, -0.25) is 9.89 Å². The molecule has 3 N–H and O–H groups in total. The van der Waals surface area contributed by atoms with Crippen LogP contribution in [0.4, 0.5) is 0 Å². The van der Waals surface area contributed by atoms with Crippen molar-refractivity contribution in [2.75, 3.05) is 18.9 Å². The first-order chi connectivity index (χ1) is 15.7. The highest BCUT2D eigenvalue weighted by atomic mass is 32.2. The summed E-state index contributed by atoms with van der Waals surface area (Å²) in [5.41, 5.74) is 1.59. The van der Waals surface area contributed by atoms with Gasteiger partial charge in [0.1, 0.15) is 5.75 Å². The van der Waals surface area contributed by atoms with Crippen LogP contribution in [0.3, 0.4) is 0 Å². The van der Waals surface area contributed by atoms with Crippen LogP contribution >= 0.6 is 11.8 Å². The average molecular weight is 490 g/mol. The van der Waals surface area contributed by atoms with E-state index in [2.05, 4.69) is 25.2 Å². The number of hydrogen-bond acceptors (Lipinski definition) is 7. The Morgan fingerprint density at radius 1 is 1.18 bits per heavy atom. The van der Waals surface area contributed by atoms with Crippen molar-refractivity contribution in [2.45, 2.75) is 36.9 Å². The summed E-state index contributed by atoms with van der Waals surface area (Å²) < 4.78 is 32.6. The number of rotatable bonds is 11. The molecule has 0 saturated carbocycles. The van der Waals surface area contributed by atoms with E-state index in [0.29, 0.717) is 34.6 Å². The molecule has 0 radical (unpaired) electrons. The lowest BCUT2D eigenvalue weighted by Gasteiger charge is -2.13. The largest absolute Gasteiger partial charge is 0.484 e. The minimum Gasteiger partial charge on any atom is -0.484 e. The van der Waals surface area contributed by atoms with Crippen LogP contribution in [0.15, 0.2) is 58.6 Å². The van der Waals surface area contributed by atoms with E-state index in [9.17, 15) is 13.2 Å². The number of aryl methyl sites for hydroxylation is 1. The first-order valence-electron chi connectivity index (χ1n) is 10.4. The molecule has 11 heteroatoms. The van der Waals surface area contributed by atoms with Crippen molar-refractivity contribution in [3.05, 3.63) is 54.1 Å². The Labute approximate surface area is 197 Å². The summed E-state index contributed by atoms with van der Waals surface area (Å²) in [5, 5.41) is 10.5. The number of aromatic amines is 1. The van der Waals surface area contributed by atoms with Gasteiger partial charge in [0, 0.05) is 23.9 Å². The van der Waals surface area contributed by atoms with Crippen LogP contribution in [0.25, 0.3) is 11.4 Å². The highest BCUT2D eigenvalue weighted by Crippen LogP contribution is 2.22. The highest BCUT2D eigenvalue weighted by Gasteiger charge is 2.17. The topological polar surface area (TPSA) is 126 Å². The molecular weight excluding hydrogens is 462 g/mol. The van der Waals surface area contributed by atoms with Crippen molar-refractivity contribution in [2.24, 2.45) is 0 Å². The zero-order valence-corrected chi connectivity index (χ0v) is 20.3. The Kier molecular flexibility index (Phi) is 8.48. The first kappa shape index (κ1) is 24.7. The number of nitrogens with zero attached hydrogens (tertiary/aromatic N) is 2. The number of carbonyl (C=O) groups is 1. The minimum absolute atomic E-state index is 0.157. The molecule has 1 amide bonds. The number of amides is 1. The third-order valence-corrected chi connectivity index (χ3v) is 6.88. The van der Waals surface area contributed by atoms with Crippen molar-refractivity contribution >= 4 is 27.7 Å². The third-order valence-electron chi connectivity index (χ3n) is 4.37. The van der Waals surface area contributed by atoms with Gasteiger partial charge in [-0.2, -0.15) is 0 Å². The maximum Gasteiger partial charge on any atom is 0.257 e. The summed E-state index contributed by atoms with van der Waals surface area (Å²) in [4.78, 5) is 16.7. The predicted octanol–water partition coefficient (Wildman–Crippen LogP) is 2.75. The van der Waals surface area contributed by atoms with Gasteiger partial charge in [-0.25, -0.2) is 18.1 Å².